The first-order valence-corrected chi connectivity index (χ1v) is 11.5. The van der Waals surface area contributed by atoms with E-state index in [0.29, 0.717) is 25.6 Å². The second-order valence-electron chi connectivity index (χ2n) is 7.77. The number of carboxylic acid groups (broad SMARTS) is 1. The van der Waals surface area contributed by atoms with Crippen molar-refractivity contribution in [1.29, 1.82) is 0 Å². The molecule has 1 atom stereocenters. The topological polar surface area (TPSA) is 63.6 Å². The molecular formula is C23H44O4. The summed E-state index contributed by atoms with van der Waals surface area (Å²) >= 11 is 0. The van der Waals surface area contributed by atoms with Crippen LogP contribution in [0.3, 0.4) is 0 Å². The van der Waals surface area contributed by atoms with Crippen molar-refractivity contribution in [1.82, 2.24) is 0 Å². The van der Waals surface area contributed by atoms with Crippen LogP contribution in [-0.2, 0) is 14.3 Å². The highest BCUT2D eigenvalue weighted by Crippen LogP contribution is 2.17. The molecule has 0 rings (SSSR count). The van der Waals surface area contributed by atoms with Gasteiger partial charge in [-0.25, -0.2) is 0 Å². The third kappa shape index (κ3) is 21.3. The van der Waals surface area contributed by atoms with Crippen LogP contribution in [0.5, 0.6) is 0 Å². The normalized spacial score (nSPS) is 12.2. The fourth-order valence-corrected chi connectivity index (χ4v) is 3.40. The summed E-state index contributed by atoms with van der Waals surface area (Å²) in [6.45, 7) is 2.94. The number of carbonyl (C=O) groups excluding carboxylic acids is 1. The van der Waals surface area contributed by atoms with Crippen molar-refractivity contribution in [3.63, 3.8) is 0 Å². The molecule has 160 valence electrons. The third-order valence-corrected chi connectivity index (χ3v) is 5.12. The average Bonchev–Trinajstić information content (AvgIpc) is 2.65. The number of carbonyl (C=O) groups is 2. The highest BCUT2D eigenvalue weighted by atomic mass is 16.5. The average molecular weight is 385 g/mol. The van der Waals surface area contributed by atoms with Crippen LogP contribution in [0.15, 0.2) is 0 Å². The molecule has 0 aromatic heterocycles. The monoisotopic (exact) mass is 384 g/mol. The summed E-state index contributed by atoms with van der Waals surface area (Å²) < 4.78 is 6.07. The molecule has 0 aliphatic rings. The number of rotatable bonds is 22. The van der Waals surface area contributed by atoms with Crippen molar-refractivity contribution in [3.8, 4) is 0 Å². The van der Waals surface area contributed by atoms with Crippen LogP contribution in [0.2, 0.25) is 0 Å². The summed E-state index contributed by atoms with van der Waals surface area (Å²) in [4.78, 5) is 20.9. The minimum atomic E-state index is -0.718. The van der Waals surface area contributed by atoms with Crippen LogP contribution < -0.4 is 0 Å². The Morgan fingerprint density at radius 3 is 1.93 bits per heavy atom. The van der Waals surface area contributed by atoms with Crippen molar-refractivity contribution in [2.24, 2.45) is 0 Å². The van der Waals surface area contributed by atoms with Crippen molar-refractivity contribution < 1.29 is 19.4 Å². The van der Waals surface area contributed by atoms with Crippen molar-refractivity contribution >= 4 is 12.3 Å². The maximum Gasteiger partial charge on any atom is 0.303 e. The van der Waals surface area contributed by atoms with Gasteiger partial charge in [0.2, 0.25) is 0 Å². The molecule has 0 radical (unpaired) electrons. The zero-order valence-corrected chi connectivity index (χ0v) is 17.8. The van der Waals surface area contributed by atoms with E-state index in [-0.39, 0.29) is 6.42 Å². The maximum absolute atomic E-state index is 10.6. The molecular weight excluding hydrogens is 340 g/mol. The molecule has 0 fully saturated rings. The van der Waals surface area contributed by atoms with Gasteiger partial charge in [-0.1, -0.05) is 77.6 Å². The van der Waals surface area contributed by atoms with Gasteiger partial charge in [0.15, 0.2) is 0 Å². The molecule has 0 heterocycles. The molecule has 0 aromatic carbocycles. The van der Waals surface area contributed by atoms with E-state index in [9.17, 15) is 9.59 Å². The largest absolute Gasteiger partial charge is 0.481 e. The lowest BCUT2D eigenvalue weighted by Crippen LogP contribution is -2.14. The van der Waals surface area contributed by atoms with Crippen molar-refractivity contribution in [2.75, 3.05) is 6.61 Å². The second-order valence-corrected chi connectivity index (χ2v) is 7.77. The SMILES string of the molecule is CCCCCCCCCC(CCCCCCCC=O)OCCCCC(=O)O. The minimum Gasteiger partial charge on any atom is -0.481 e. The number of ether oxygens (including phenoxy) is 1. The van der Waals surface area contributed by atoms with Crippen LogP contribution in [-0.4, -0.2) is 30.1 Å². The lowest BCUT2D eigenvalue weighted by molar-refractivity contribution is -0.137. The zero-order valence-electron chi connectivity index (χ0n) is 17.8. The Morgan fingerprint density at radius 2 is 1.37 bits per heavy atom. The number of unbranched alkanes of at least 4 members (excludes halogenated alkanes) is 12. The van der Waals surface area contributed by atoms with E-state index >= 15 is 0 Å². The van der Waals surface area contributed by atoms with Crippen LogP contribution in [0.25, 0.3) is 0 Å². The van der Waals surface area contributed by atoms with Gasteiger partial charge in [-0.05, 0) is 32.1 Å². The van der Waals surface area contributed by atoms with E-state index in [2.05, 4.69) is 6.92 Å². The van der Waals surface area contributed by atoms with Crippen LogP contribution in [0.1, 0.15) is 122 Å². The van der Waals surface area contributed by atoms with Gasteiger partial charge in [-0.2, -0.15) is 0 Å². The van der Waals surface area contributed by atoms with Gasteiger partial charge >= 0.3 is 5.97 Å². The number of carboxylic acids is 1. The van der Waals surface area contributed by atoms with Crippen LogP contribution in [0, 0.1) is 0 Å². The molecule has 4 heteroatoms. The van der Waals surface area contributed by atoms with E-state index < -0.39 is 5.97 Å². The number of hydrogen-bond acceptors (Lipinski definition) is 3. The quantitative estimate of drug-likeness (QED) is 0.167. The van der Waals surface area contributed by atoms with E-state index in [1.807, 2.05) is 0 Å². The maximum atomic E-state index is 10.6. The Balaban J connectivity index is 3.84. The van der Waals surface area contributed by atoms with Gasteiger partial charge in [-0.3, -0.25) is 4.79 Å². The summed E-state index contributed by atoms with van der Waals surface area (Å²) in [5, 5.41) is 8.70. The summed E-state index contributed by atoms with van der Waals surface area (Å²) in [7, 11) is 0. The molecule has 0 spiro atoms. The van der Waals surface area contributed by atoms with Crippen molar-refractivity contribution in [3.05, 3.63) is 0 Å². The van der Waals surface area contributed by atoms with Gasteiger partial charge in [0.25, 0.3) is 0 Å². The number of aldehydes is 1. The highest BCUT2D eigenvalue weighted by molar-refractivity contribution is 5.66. The number of aliphatic carboxylic acids is 1. The lowest BCUT2D eigenvalue weighted by atomic mass is 10.0. The zero-order chi connectivity index (χ0) is 20.0. The molecule has 0 aliphatic heterocycles. The van der Waals surface area contributed by atoms with Gasteiger partial charge in [0.1, 0.15) is 6.29 Å². The number of hydrogen-bond donors (Lipinski definition) is 1. The van der Waals surface area contributed by atoms with E-state index in [4.69, 9.17) is 9.84 Å². The highest BCUT2D eigenvalue weighted by Gasteiger charge is 2.09. The first-order chi connectivity index (χ1) is 13.2. The molecule has 0 aliphatic carbocycles. The predicted octanol–water partition coefficient (Wildman–Crippen LogP) is 6.70. The lowest BCUT2D eigenvalue weighted by Gasteiger charge is -2.18. The molecule has 0 saturated carbocycles. The summed E-state index contributed by atoms with van der Waals surface area (Å²) in [6.07, 6.45) is 21.1. The standard InChI is InChI=1S/C23H44O4/c1-2-3-4-5-6-9-12-17-22(27-21-16-14-19-23(25)26)18-13-10-7-8-11-15-20-24/h20,22H,2-19,21H2,1H3,(H,25,26). The van der Waals surface area contributed by atoms with Gasteiger partial charge in [-0.15, -0.1) is 0 Å². The van der Waals surface area contributed by atoms with Crippen LogP contribution in [0.4, 0.5) is 0 Å². The molecule has 4 nitrogen and oxygen atoms in total. The Labute approximate surface area is 167 Å². The Morgan fingerprint density at radius 1 is 0.815 bits per heavy atom. The fourth-order valence-electron chi connectivity index (χ4n) is 3.40. The fraction of sp³-hybridized carbons (Fsp3) is 0.913. The Bertz CT molecular complexity index is 330. The summed E-state index contributed by atoms with van der Waals surface area (Å²) in [5.74, 6) is -0.718. The molecule has 0 saturated heterocycles. The Hall–Kier alpha value is -0.900. The Kier molecular flexibility index (Phi) is 20.7. The minimum absolute atomic E-state index is 0.243. The van der Waals surface area contributed by atoms with Gasteiger partial charge in [0.05, 0.1) is 6.10 Å². The first-order valence-electron chi connectivity index (χ1n) is 11.5. The summed E-state index contributed by atoms with van der Waals surface area (Å²) in [5.41, 5.74) is 0. The second kappa shape index (κ2) is 21.4. The molecule has 0 amide bonds. The van der Waals surface area contributed by atoms with E-state index in [1.54, 1.807) is 0 Å². The van der Waals surface area contributed by atoms with E-state index in [0.717, 1.165) is 38.4 Å². The predicted molar refractivity (Wildman–Crippen MR) is 112 cm³/mol. The van der Waals surface area contributed by atoms with E-state index in [1.165, 1.54) is 64.2 Å². The van der Waals surface area contributed by atoms with Gasteiger partial charge < -0.3 is 14.6 Å². The molecule has 1 unspecified atom stereocenters. The molecule has 0 bridgehead atoms. The molecule has 1 N–H and O–H groups in total. The molecule has 0 aromatic rings. The van der Waals surface area contributed by atoms with Gasteiger partial charge in [0, 0.05) is 19.4 Å². The van der Waals surface area contributed by atoms with Crippen LogP contribution >= 0.6 is 0 Å². The molecule has 27 heavy (non-hydrogen) atoms. The first kappa shape index (κ1) is 26.1. The third-order valence-electron chi connectivity index (χ3n) is 5.12. The summed E-state index contributed by atoms with van der Waals surface area (Å²) in [6, 6.07) is 0. The smallest absolute Gasteiger partial charge is 0.303 e. The van der Waals surface area contributed by atoms with Crippen molar-refractivity contribution in [2.45, 2.75) is 129 Å².